The molecule has 3 aromatic rings. The Morgan fingerprint density at radius 1 is 1.12 bits per heavy atom. The minimum atomic E-state index is -4.62. The predicted molar refractivity (Wildman–Crippen MR) is 149 cm³/mol. The molecule has 3 aliphatic heterocycles. The van der Waals surface area contributed by atoms with Gasteiger partial charge in [-0.3, -0.25) is 14.3 Å². The smallest absolute Gasteiger partial charge is 0.316 e. The Bertz CT molecular complexity index is 1530. The summed E-state index contributed by atoms with van der Waals surface area (Å²) in [6.45, 7) is 0.865. The number of nitrogens with zero attached hydrogens (tertiary/aromatic N) is 5. The van der Waals surface area contributed by atoms with Crippen LogP contribution in [0.15, 0.2) is 42.7 Å². The van der Waals surface area contributed by atoms with Crippen LogP contribution < -0.4 is 10.2 Å². The van der Waals surface area contributed by atoms with Crippen LogP contribution in [-0.2, 0) is 19.3 Å². The third-order valence-electron chi connectivity index (χ3n) is 9.91. The highest BCUT2D eigenvalue weighted by Crippen LogP contribution is 2.45. The van der Waals surface area contributed by atoms with E-state index in [1.54, 1.807) is 30.3 Å². The number of hydrogen-bond acceptors (Lipinski definition) is 5. The van der Waals surface area contributed by atoms with Gasteiger partial charge >= 0.3 is 12.7 Å². The lowest BCUT2D eigenvalue weighted by molar-refractivity contribution is -0.138. The normalized spacial score (nSPS) is 23.5. The summed E-state index contributed by atoms with van der Waals surface area (Å²) in [6.07, 6.45) is 1.12. The van der Waals surface area contributed by atoms with E-state index in [1.165, 1.54) is 11.0 Å². The molecule has 4 aliphatic rings. The number of halogens is 5. The van der Waals surface area contributed by atoms with Crippen LogP contribution in [-0.4, -0.2) is 51.8 Å². The first kappa shape index (κ1) is 28.4. The topological polar surface area (TPSA) is 66.3 Å². The second kappa shape index (κ2) is 10.7. The van der Waals surface area contributed by atoms with Crippen molar-refractivity contribution in [2.75, 3.05) is 31.1 Å². The first-order valence-electron chi connectivity index (χ1n) is 14.9. The molecule has 2 aromatic carbocycles. The summed E-state index contributed by atoms with van der Waals surface area (Å²) in [6, 6.07) is 9.74. The molecule has 43 heavy (non-hydrogen) atoms. The number of hydrogen-bond donors (Lipinski definition) is 1. The van der Waals surface area contributed by atoms with Crippen molar-refractivity contribution >= 4 is 11.6 Å². The summed E-state index contributed by atoms with van der Waals surface area (Å²) in [5, 5.41) is 11.1. The van der Waals surface area contributed by atoms with Crippen LogP contribution in [0.4, 0.5) is 27.6 Å². The Morgan fingerprint density at radius 2 is 1.95 bits per heavy atom. The molecule has 7 nitrogen and oxygen atoms in total. The predicted octanol–water partition coefficient (Wildman–Crippen LogP) is 5.97. The lowest BCUT2D eigenvalue weighted by atomic mass is 9.72. The van der Waals surface area contributed by atoms with Gasteiger partial charge in [0.1, 0.15) is 12.2 Å². The molecule has 1 amide bonds. The average molecular weight is 601 g/mol. The van der Waals surface area contributed by atoms with Gasteiger partial charge in [0.2, 0.25) is 0 Å². The van der Waals surface area contributed by atoms with Crippen LogP contribution in [0.2, 0.25) is 0 Å². The summed E-state index contributed by atoms with van der Waals surface area (Å²) >= 11 is 0. The van der Waals surface area contributed by atoms with Gasteiger partial charge in [-0.2, -0.15) is 22.0 Å². The van der Waals surface area contributed by atoms with Crippen molar-refractivity contribution in [3.63, 3.8) is 0 Å². The Balaban J connectivity index is 1.19. The number of anilines is 1. The fraction of sp³-hybridized carbons (Fsp3) is 0.516. The SMILES string of the molecule is O=C1c2cc(CN3CC[C@]4(CCNC4)C3)cc(C(F)(F)F)c2CN1c1cccc([C@H](c2nncn2C(F)F)C2CCC2)c1. The number of likely N-dealkylation sites (tertiary alicyclic amines) is 1. The van der Waals surface area contributed by atoms with Crippen molar-refractivity contribution in [3.05, 3.63) is 76.4 Å². The zero-order valence-corrected chi connectivity index (χ0v) is 23.6. The van der Waals surface area contributed by atoms with Crippen LogP contribution >= 0.6 is 0 Å². The largest absolute Gasteiger partial charge is 0.416 e. The average Bonchev–Trinajstić information content (AvgIpc) is 3.74. The highest BCUT2D eigenvalue weighted by molar-refractivity contribution is 6.10. The minimum Gasteiger partial charge on any atom is -0.316 e. The molecule has 1 saturated carbocycles. The Labute approximate surface area is 246 Å². The summed E-state index contributed by atoms with van der Waals surface area (Å²) in [4.78, 5) is 17.3. The zero-order valence-electron chi connectivity index (χ0n) is 23.6. The van der Waals surface area contributed by atoms with E-state index in [1.807, 2.05) is 0 Å². The molecule has 7 rings (SSSR count). The second-order valence-electron chi connectivity index (χ2n) is 12.6. The maximum atomic E-state index is 14.4. The third kappa shape index (κ3) is 5.12. The van der Waals surface area contributed by atoms with Crippen LogP contribution in [0.1, 0.15) is 83.0 Å². The summed E-state index contributed by atoms with van der Waals surface area (Å²) < 4.78 is 71.4. The fourth-order valence-electron chi connectivity index (χ4n) is 7.50. The van der Waals surface area contributed by atoms with Crippen LogP contribution in [0, 0.1) is 11.3 Å². The van der Waals surface area contributed by atoms with Gasteiger partial charge in [0.25, 0.3) is 5.91 Å². The molecule has 12 heteroatoms. The van der Waals surface area contributed by atoms with Gasteiger partial charge in [0.15, 0.2) is 0 Å². The van der Waals surface area contributed by atoms with Crippen molar-refractivity contribution in [2.45, 2.75) is 63.8 Å². The van der Waals surface area contributed by atoms with E-state index >= 15 is 0 Å². The Hall–Kier alpha value is -3.38. The molecular formula is C31H33F5N6O. The van der Waals surface area contributed by atoms with Crippen LogP contribution in [0.3, 0.4) is 0 Å². The third-order valence-corrected chi connectivity index (χ3v) is 9.91. The van der Waals surface area contributed by atoms with Gasteiger partial charge in [-0.15, -0.1) is 10.2 Å². The molecule has 1 aliphatic carbocycles. The quantitative estimate of drug-likeness (QED) is 0.339. The first-order valence-corrected chi connectivity index (χ1v) is 14.9. The number of amides is 1. The van der Waals surface area contributed by atoms with E-state index in [4.69, 9.17) is 0 Å². The molecule has 4 heterocycles. The molecule has 3 fully saturated rings. The number of aromatic nitrogens is 3. The van der Waals surface area contributed by atoms with Gasteiger partial charge in [-0.1, -0.05) is 18.6 Å². The maximum Gasteiger partial charge on any atom is 0.416 e. The molecular weight excluding hydrogens is 567 g/mol. The number of rotatable bonds is 7. The van der Waals surface area contributed by atoms with Gasteiger partial charge in [0.05, 0.1) is 12.1 Å². The van der Waals surface area contributed by atoms with E-state index in [0.29, 0.717) is 23.4 Å². The standard InChI is InChI=1S/C31H33F5N6O/c32-29(33)42-18-38-39-27(42)26(20-3-1-4-20)21-5-2-6-22(13-21)41-15-24-23(28(41)43)11-19(12-25(24)31(34,35)36)14-40-10-8-30(17-40)7-9-37-16-30/h2,5-6,11-13,18,20,26,29,37H,1,3-4,7-10,14-17H2/t26-,30+/m1/s1. The number of carbonyl (C=O) groups is 1. The van der Waals surface area contributed by atoms with Crippen molar-refractivity contribution in [2.24, 2.45) is 11.3 Å². The van der Waals surface area contributed by atoms with E-state index in [2.05, 4.69) is 20.4 Å². The second-order valence-corrected chi connectivity index (χ2v) is 12.6. The number of benzene rings is 2. The molecule has 2 saturated heterocycles. The molecule has 0 unspecified atom stereocenters. The van der Waals surface area contributed by atoms with Crippen molar-refractivity contribution < 1.29 is 26.7 Å². The van der Waals surface area contributed by atoms with Crippen molar-refractivity contribution in [1.82, 2.24) is 25.0 Å². The highest BCUT2D eigenvalue weighted by Gasteiger charge is 2.43. The molecule has 1 spiro atoms. The molecule has 0 radical (unpaired) electrons. The van der Waals surface area contributed by atoms with Gasteiger partial charge in [-0.25, -0.2) is 0 Å². The van der Waals surface area contributed by atoms with Crippen molar-refractivity contribution in [3.8, 4) is 0 Å². The lowest BCUT2D eigenvalue weighted by Crippen LogP contribution is -2.29. The lowest BCUT2D eigenvalue weighted by Gasteiger charge is -2.34. The summed E-state index contributed by atoms with van der Waals surface area (Å²) in [7, 11) is 0. The monoisotopic (exact) mass is 600 g/mol. The molecule has 1 N–H and O–H groups in total. The van der Waals surface area contributed by atoms with Gasteiger partial charge < -0.3 is 10.2 Å². The first-order chi connectivity index (χ1) is 20.6. The number of carbonyl (C=O) groups excluding carboxylic acids is 1. The molecule has 2 atom stereocenters. The van der Waals surface area contributed by atoms with Gasteiger partial charge in [-0.05, 0) is 91.1 Å². The Kier molecular flexibility index (Phi) is 7.04. The van der Waals surface area contributed by atoms with E-state index < -0.39 is 30.1 Å². The van der Waals surface area contributed by atoms with E-state index in [-0.39, 0.29) is 34.8 Å². The molecule has 0 bridgehead atoms. The zero-order chi connectivity index (χ0) is 29.9. The highest BCUT2D eigenvalue weighted by atomic mass is 19.4. The maximum absolute atomic E-state index is 14.4. The molecule has 1 aromatic heterocycles. The Morgan fingerprint density at radius 3 is 2.65 bits per heavy atom. The van der Waals surface area contributed by atoms with Crippen molar-refractivity contribution in [1.29, 1.82) is 0 Å². The van der Waals surface area contributed by atoms with E-state index in [0.717, 1.165) is 69.2 Å². The van der Waals surface area contributed by atoms with Crippen LogP contribution in [0.5, 0.6) is 0 Å². The van der Waals surface area contributed by atoms with Gasteiger partial charge in [0, 0.05) is 36.8 Å². The number of fused-ring (bicyclic) bond motifs is 1. The minimum absolute atomic E-state index is 0.0301. The number of alkyl halides is 5. The van der Waals surface area contributed by atoms with E-state index in [9.17, 15) is 26.7 Å². The van der Waals surface area contributed by atoms with Crippen LogP contribution in [0.25, 0.3) is 0 Å². The fourth-order valence-corrected chi connectivity index (χ4v) is 7.50. The summed E-state index contributed by atoms with van der Waals surface area (Å²) in [5.74, 6) is -0.740. The number of nitrogens with one attached hydrogen (secondary N) is 1. The molecule has 228 valence electrons. The summed E-state index contributed by atoms with van der Waals surface area (Å²) in [5.41, 5.74) is 1.03.